The minimum Gasteiger partial charge on any atom is -0.493 e. The molecule has 0 heterocycles. The summed E-state index contributed by atoms with van der Waals surface area (Å²) in [7, 11) is 2.03. The van der Waals surface area contributed by atoms with Crippen LogP contribution < -0.4 is 10.1 Å². The Morgan fingerprint density at radius 2 is 1.89 bits per heavy atom. The van der Waals surface area contributed by atoms with Gasteiger partial charge in [0.2, 0.25) is 0 Å². The Morgan fingerprint density at radius 1 is 1.16 bits per heavy atom. The maximum atomic E-state index is 5.97. The molecule has 1 aromatic carbocycles. The molecule has 0 aliphatic rings. The van der Waals surface area contributed by atoms with E-state index in [0.717, 1.165) is 25.2 Å². The first-order valence-electron chi connectivity index (χ1n) is 7.61. The molecule has 0 aliphatic carbocycles. The molecule has 2 nitrogen and oxygen atoms in total. The number of ether oxygens (including phenoxy) is 1. The normalized spacial score (nSPS) is 14.1. The van der Waals surface area contributed by atoms with E-state index in [1.807, 2.05) is 7.05 Å². The van der Waals surface area contributed by atoms with Crippen molar-refractivity contribution in [1.82, 2.24) is 5.32 Å². The largest absolute Gasteiger partial charge is 0.493 e. The molecule has 108 valence electrons. The highest BCUT2D eigenvalue weighted by molar-refractivity contribution is 5.35. The quantitative estimate of drug-likeness (QED) is 0.668. The molecule has 0 bridgehead atoms. The van der Waals surface area contributed by atoms with Gasteiger partial charge in [0, 0.05) is 6.04 Å². The minimum atomic E-state index is 0.567. The Bertz CT molecular complexity index is 347. The van der Waals surface area contributed by atoms with Gasteiger partial charge in [0.25, 0.3) is 0 Å². The third-order valence-corrected chi connectivity index (χ3v) is 3.92. The second-order valence-corrected chi connectivity index (χ2v) is 5.23. The average molecular weight is 263 g/mol. The average Bonchev–Trinajstić information content (AvgIpc) is 2.47. The molecule has 0 aliphatic heterocycles. The standard InChI is InChI=1S/C17H29NO/c1-5-14(3)16-11-7-8-12-17(16)19-13-9-10-15(6-2)18-4/h7-8,11-12,14-15,18H,5-6,9-10,13H2,1-4H3. The van der Waals surface area contributed by atoms with Crippen molar-refractivity contribution < 1.29 is 4.74 Å². The van der Waals surface area contributed by atoms with Gasteiger partial charge in [-0.15, -0.1) is 0 Å². The summed E-state index contributed by atoms with van der Waals surface area (Å²) in [5, 5.41) is 3.33. The fourth-order valence-corrected chi connectivity index (χ4v) is 2.30. The van der Waals surface area contributed by atoms with Crippen molar-refractivity contribution in [2.75, 3.05) is 13.7 Å². The van der Waals surface area contributed by atoms with Crippen LogP contribution in [0.5, 0.6) is 5.75 Å². The molecular weight excluding hydrogens is 234 g/mol. The first kappa shape index (κ1) is 16.0. The van der Waals surface area contributed by atoms with Crippen LogP contribution in [0.15, 0.2) is 24.3 Å². The van der Waals surface area contributed by atoms with Gasteiger partial charge < -0.3 is 10.1 Å². The molecule has 1 rings (SSSR count). The lowest BCUT2D eigenvalue weighted by molar-refractivity contribution is 0.292. The fraction of sp³-hybridized carbons (Fsp3) is 0.647. The van der Waals surface area contributed by atoms with Gasteiger partial charge in [0.1, 0.15) is 5.75 Å². The monoisotopic (exact) mass is 263 g/mol. The van der Waals surface area contributed by atoms with Crippen molar-refractivity contribution in [1.29, 1.82) is 0 Å². The minimum absolute atomic E-state index is 0.567. The molecule has 0 radical (unpaired) electrons. The van der Waals surface area contributed by atoms with E-state index in [2.05, 4.69) is 50.4 Å². The Hall–Kier alpha value is -1.02. The number of hydrogen-bond acceptors (Lipinski definition) is 2. The summed E-state index contributed by atoms with van der Waals surface area (Å²) in [6.07, 6.45) is 4.62. The molecule has 2 unspecified atom stereocenters. The van der Waals surface area contributed by atoms with E-state index < -0.39 is 0 Å². The predicted octanol–water partition coefficient (Wildman–Crippen LogP) is 4.36. The van der Waals surface area contributed by atoms with E-state index in [0.29, 0.717) is 12.0 Å². The summed E-state index contributed by atoms with van der Waals surface area (Å²) in [6, 6.07) is 9.06. The van der Waals surface area contributed by atoms with Crippen LogP contribution in [0.4, 0.5) is 0 Å². The van der Waals surface area contributed by atoms with Crippen molar-refractivity contribution in [2.45, 2.75) is 58.4 Å². The van der Waals surface area contributed by atoms with Crippen molar-refractivity contribution >= 4 is 0 Å². The fourth-order valence-electron chi connectivity index (χ4n) is 2.30. The highest BCUT2D eigenvalue weighted by Gasteiger charge is 2.09. The van der Waals surface area contributed by atoms with E-state index in [-0.39, 0.29) is 0 Å². The SMILES string of the molecule is CCC(CCCOc1ccccc1C(C)CC)NC. The second-order valence-electron chi connectivity index (χ2n) is 5.23. The molecule has 0 fully saturated rings. The van der Waals surface area contributed by atoms with Gasteiger partial charge in [-0.2, -0.15) is 0 Å². The zero-order valence-electron chi connectivity index (χ0n) is 12.9. The van der Waals surface area contributed by atoms with Gasteiger partial charge in [-0.05, 0) is 50.3 Å². The Labute approximate surface area is 118 Å². The van der Waals surface area contributed by atoms with E-state index >= 15 is 0 Å². The number of nitrogens with one attached hydrogen (secondary N) is 1. The summed E-state index contributed by atoms with van der Waals surface area (Å²) < 4.78 is 5.97. The molecule has 0 spiro atoms. The second kappa shape index (κ2) is 8.98. The zero-order valence-corrected chi connectivity index (χ0v) is 12.9. The van der Waals surface area contributed by atoms with Gasteiger partial charge in [0.05, 0.1) is 6.61 Å². The molecule has 1 N–H and O–H groups in total. The van der Waals surface area contributed by atoms with Crippen LogP contribution >= 0.6 is 0 Å². The maximum Gasteiger partial charge on any atom is 0.122 e. The van der Waals surface area contributed by atoms with Crippen LogP contribution in [-0.2, 0) is 0 Å². The molecule has 0 saturated carbocycles. The van der Waals surface area contributed by atoms with Gasteiger partial charge in [0.15, 0.2) is 0 Å². The summed E-state index contributed by atoms with van der Waals surface area (Å²) >= 11 is 0. The van der Waals surface area contributed by atoms with Gasteiger partial charge >= 0.3 is 0 Å². The first-order valence-corrected chi connectivity index (χ1v) is 7.61. The van der Waals surface area contributed by atoms with E-state index in [4.69, 9.17) is 4.74 Å². The van der Waals surface area contributed by atoms with Gasteiger partial charge in [-0.1, -0.05) is 39.0 Å². The van der Waals surface area contributed by atoms with E-state index in [1.165, 1.54) is 18.4 Å². The molecule has 1 aromatic rings. The number of hydrogen-bond donors (Lipinski definition) is 1. The summed E-state index contributed by atoms with van der Waals surface area (Å²) in [4.78, 5) is 0. The Morgan fingerprint density at radius 3 is 2.53 bits per heavy atom. The number of benzene rings is 1. The molecule has 19 heavy (non-hydrogen) atoms. The van der Waals surface area contributed by atoms with Gasteiger partial charge in [-0.3, -0.25) is 0 Å². The molecule has 0 amide bonds. The lowest BCUT2D eigenvalue weighted by Gasteiger charge is -2.17. The van der Waals surface area contributed by atoms with E-state index in [1.54, 1.807) is 0 Å². The van der Waals surface area contributed by atoms with Crippen LogP contribution in [-0.4, -0.2) is 19.7 Å². The molecule has 2 heteroatoms. The Balaban J connectivity index is 2.45. The molecule has 0 aromatic heterocycles. The van der Waals surface area contributed by atoms with E-state index in [9.17, 15) is 0 Å². The lowest BCUT2D eigenvalue weighted by Crippen LogP contribution is -2.24. The molecular formula is C17H29NO. The summed E-state index contributed by atoms with van der Waals surface area (Å²) in [5.74, 6) is 1.63. The predicted molar refractivity (Wildman–Crippen MR) is 83.0 cm³/mol. The topological polar surface area (TPSA) is 21.3 Å². The summed E-state index contributed by atoms with van der Waals surface area (Å²) in [5.41, 5.74) is 1.34. The van der Waals surface area contributed by atoms with Crippen LogP contribution in [0.25, 0.3) is 0 Å². The van der Waals surface area contributed by atoms with Crippen LogP contribution in [0.3, 0.4) is 0 Å². The Kier molecular flexibility index (Phi) is 7.57. The number of para-hydroxylation sites is 1. The van der Waals surface area contributed by atoms with Crippen LogP contribution in [0.1, 0.15) is 57.9 Å². The number of rotatable bonds is 9. The van der Waals surface area contributed by atoms with Crippen molar-refractivity contribution in [3.8, 4) is 5.75 Å². The molecule has 0 saturated heterocycles. The highest BCUT2D eigenvalue weighted by atomic mass is 16.5. The molecule has 2 atom stereocenters. The summed E-state index contributed by atoms with van der Waals surface area (Å²) in [6.45, 7) is 7.52. The highest BCUT2D eigenvalue weighted by Crippen LogP contribution is 2.28. The third-order valence-electron chi connectivity index (χ3n) is 3.92. The van der Waals surface area contributed by atoms with Crippen LogP contribution in [0.2, 0.25) is 0 Å². The van der Waals surface area contributed by atoms with Crippen molar-refractivity contribution in [2.24, 2.45) is 0 Å². The van der Waals surface area contributed by atoms with Crippen LogP contribution in [0, 0.1) is 0 Å². The first-order chi connectivity index (χ1) is 9.22. The zero-order chi connectivity index (χ0) is 14.1. The third kappa shape index (κ3) is 5.23. The smallest absolute Gasteiger partial charge is 0.122 e. The lowest BCUT2D eigenvalue weighted by atomic mass is 9.98. The van der Waals surface area contributed by atoms with Crippen molar-refractivity contribution in [3.63, 3.8) is 0 Å². The van der Waals surface area contributed by atoms with Gasteiger partial charge in [-0.25, -0.2) is 0 Å². The maximum absolute atomic E-state index is 5.97. The van der Waals surface area contributed by atoms with Crippen molar-refractivity contribution in [3.05, 3.63) is 29.8 Å².